The van der Waals surface area contributed by atoms with Crippen LogP contribution in [0.3, 0.4) is 0 Å². The monoisotopic (exact) mass is 329 g/mol. The molecular weight excluding hydrogens is 310 g/mol. The molecule has 1 saturated heterocycles. The summed E-state index contributed by atoms with van der Waals surface area (Å²) < 4.78 is 16.4. The van der Waals surface area contributed by atoms with Crippen LogP contribution in [0.2, 0.25) is 0 Å². The van der Waals surface area contributed by atoms with Crippen LogP contribution >= 0.6 is 0 Å². The third-order valence-corrected chi connectivity index (χ3v) is 5.61. The summed E-state index contributed by atoms with van der Waals surface area (Å²) in [4.78, 5) is 2.24. The molecule has 0 bridgehead atoms. The molecule has 5 rings (SSSR count). The van der Waals surface area contributed by atoms with Gasteiger partial charge in [-0.25, -0.2) is 0 Å². The molecule has 0 saturated carbocycles. The van der Waals surface area contributed by atoms with Gasteiger partial charge in [0.15, 0.2) is 23.0 Å². The fourth-order valence-corrected chi connectivity index (χ4v) is 4.56. The topological polar surface area (TPSA) is 71.4 Å². The molecule has 1 aromatic carbocycles. The van der Waals surface area contributed by atoms with Crippen molar-refractivity contribution in [2.45, 2.75) is 24.5 Å². The number of aliphatic hydroxyl groups is 2. The van der Waals surface area contributed by atoms with Crippen LogP contribution in [-0.2, 0) is 4.74 Å². The molecule has 4 aliphatic rings. The summed E-state index contributed by atoms with van der Waals surface area (Å²) in [7, 11) is 1.57. The first-order valence-electron chi connectivity index (χ1n) is 8.22. The smallest absolute Gasteiger partial charge is 0.231 e. The Morgan fingerprint density at radius 2 is 2.08 bits per heavy atom. The highest BCUT2D eigenvalue weighted by Crippen LogP contribution is 2.54. The molecule has 126 valence electrons. The highest BCUT2D eigenvalue weighted by Gasteiger charge is 2.52. The molecule has 6 nitrogen and oxygen atoms in total. The molecule has 1 aliphatic carbocycles. The van der Waals surface area contributed by atoms with E-state index in [0.717, 1.165) is 36.1 Å². The van der Waals surface area contributed by atoms with Crippen LogP contribution in [0.4, 0.5) is 0 Å². The lowest BCUT2D eigenvalue weighted by Gasteiger charge is -2.34. The highest BCUT2D eigenvalue weighted by atomic mass is 16.7. The lowest BCUT2D eigenvalue weighted by Crippen LogP contribution is -2.42. The lowest BCUT2D eigenvalue weighted by atomic mass is 9.84. The molecule has 3 heterocycles. The van der Waals surface area contributed by atoms with Crippen LogP contribution < -0.4 is 9.47 Å². The Morgan fingerprint density at radius 1 is 1.29 bits per heavy atom. The zero-order valence-corrected chi connectivity index (χ0v) is 13.4. The summed E-state index contributed by atoms with van der Waals surface area (Å²) in [5, 5.41) is 21.6. The van der Waals surface area contributed by atoms with Crippen LogP contribution in [0.15, 0.2) is 29.7 Å². The second kappa shape index (κ2) is 4.68. The van der Waals surface area contributed by atoms with Crippen LogP contribution in [0, 0.1) is 0 Å². The maximum absolute atomic E-state index is 10.8. The van der Waals surface area contributed by atoms with E-state index in [0.29, 0.717) is 23.8 Å². The van der Waals surface area contributed by atoms with Crippen LogP contribution in [0.5, 0.6) is 11.5 Å². The van der Waals surface area contributed by atoms with Crippen LogP contribution in [-0.4, -0.2) is 47.6 Å². The van der Waals surface area contributed by atoms with E-state index in [1.165, 1.54) is 0 Å². The summed E-state index contributed by atoms with van der Waals surface area (Å²) in [6.45, 7) is 1.57. The van der Waals surface area contributed by atoms with Gasteiger partial charge in [-0.1, -0.05) is 0 Å². The Morgan fingerprint density at radius 3 is 2.88 bits per heavy atom. The van der Waals surface area contributed by atoms with Gasteiger partial charge in [0.25, 0.3) is 0 Å². The fourth-order valence-electron chi connectivity index (χ4n) is 4.56. The van der Waals surface area contributed by atoms with E-state index >= 15 is 0 Å². The molecule has 0 amide bonds. The Balaban J connectivity index is 1.80. The Hall–Kier alpha value is -2.18. The maximum Gasteiger partial charge on any atom is 0.231 e. The van der Waals surface area contributed by atoms with Gasteiger partial charge >= 0.3 is 0 Å². The van der Waals surface area contributed by atoms with Gasteiger partial charge in [-0.15, -0.1) is 0 Å². The number of β-amino-alcohol motifs (C(OH)–C–C–N with tert-alkyl or cyclic N) is 1. The SMILES string of the molecule is COC1=C[C@]23CCCN2C[C@H](O)c2cc4c(cc2C3=C1O)OCO4. The third-order valence-electron chi connectivity index (χ3n) is 5.61. The molecule has 1 fully saturated rings. The number of benzene rings is 1. The minimum atomic E-state index is -0.644. The highest BCUT2D eigenvalue weighted by molar-refractivity contribution is 5.86. The predicted octanol–water partition coefficient (Wildman–Crippen LogP) is 2.11. The maximum atomic E-state index is 10.8. The van der Waals surface area contributed by atoms with Crippen LogP contribution in [0.1, 0.15) is 30.1 Å². The molecule has 0 aromatic heterocycles. The average Bonchev–Trinajstić information content (AvgIpc) is 3.24. The minimum Gasteiger partial charge on any atom is -0.504 e. The van der Waals surface area contributed by atoms with Crippen molar-refractivity contribution in [2.24, 2.45) is 0 Å². The van der Waals surface area contributed by atoms with Crippen molar-refractivity contribution in [3.05, 3.63) is 40.9 Å². The van der Waals surface area contributed by atoms with Crippen molar-refractivity contribution in [3.63, 3.8) is 0 Å². The second-order valence-corrected chi connectivity index (χ2v) is 6.72. The number of ether oxygens (including phenoxy) is 3. The molecule has 0 unspecified atom stereocenters. The first-order valence-corrected chi connectivity index (χ1v) is 8.22. The molecule has 24 heavy (non-hydrogen) atoms. The van der Waals surface area contributed by atoms with Crippen molar-refractivity contribution in [1.82, 2.24) is 4.90 Å². The molecule has 3 aliphatic heterocycles. The third kappa shape index (κ3) is 1.62. The molecule has 0 radical (unpaired) electrons. The van der Waals surface area contributed by atoms with Gasteiger partial charge in [0.2, 0.25) is 6.79 Å². The molecular formula is C18H19NO5. The Kier molecular flexibility index (Phi) is 2.76. The Bertz CT molecular complexity index is 799. The van der Waals surface area contributed by atoms with Crippen LogP contribution in [0.25, 0.3) is 5.57 Å². The zero-order valence-electron chi connectivity index (χ0n) is 13.4. The molecule has 2 N–H and O–H groups in total. The summed E-state index contributed by atoms with van der Waals surface area (Å²) in [5.41, 5.74) is 1.97. The predicted molar refractivity (Wildman–Crippen MR) is 85.7 cm³/mol. The first-order chi connectivity index (χ1) is 11.6. The zero-order chi connectivity index (χ0) is 16.5. The number of fused-ring (bicyclic) bond motifs is 3. The van der Waals surface area contributed by atoms with Gasteiger partial charge in [-0.2, -0.15) is 0 Å². The van der Waals surface area contributed by atoms with Crippen molar-refractivity contribution >= 4 is 5.57 Å². The summed E-state index contributed by atoms with van der Waals surface area (Å²) in [6.07, 6.45) is 3.25. The summed E-state index contributed by atoms with van der Waals surface area (Å²) in [6, 6.07) is 3.71. The van der Waals surface area contributed by atoms with Gasteiger partial charge in [0.1, 0.15) is 0 Å². The van der Waals surface area contributed by atoms with Crippen molar-refractivity contribution in [2.75, 3.05) is 27.0 Å². The number of hydrogen-bond donors (Lipinski definition) is 2. The van der Waals surface area contributed by atoms with E-state index < -0.39 is 11.6 Å². The lowest BCUT2D eigenvalue weighted by molar-refractivity contribution is 0.105. The van der Waals surface area contributed by atoms with Gasteiger partial charge in [-0.05, 0) is 48.7 Å². The molecule has 1 spiro atoms. The largest absolute Gasteiger partial charge is 0.504 e. The minimum absolute atomic E-state index is 0.151. The van der Waals surface area contributed by atoms with Crippen molar-refractivity contribution in [1.29, 1.82) is 0 Å². The molecule has 1 aromatic rings. The van der Waals surface area contributed by atoms with E-state index in [-0.39, 0.29) is 12.6 Å². The van der Waals surface area contributed by atoms with Gasteiger partial charge in [-0.3, -0.25) is 4.90 Å². The van der Waals surface area contributed by atoms with E-state index in [4.69, 9.17) is 14.2 Å². The van der Waals surface area contributed by atoms with E-state index in [2.05, 4.69) is 4.90 Å². The second-order valence-electron chi connectivity index (χ2n) is 6.72. The number of rotatable bonds is 1. The normalized spacial score (nSPS) is 30.6. The van der Waals surface area contributed by atoms with E-state index in [9.17, 15) is 10.2 Å². The van der Waals surface area contributed by atoms with E-state index in [1.807, 2.05) is 18.2 Å². The quantitative estimate of drug-likeness (QED) is 0.822. The standard InChI is InChI=1S/C18H19NO5/c1-22-15-7-18-3-2-4-19(18)8-12(20)10-5-13-14(24-9-23-13)6-11(10)16(18)17(15)21/h5-7,12,20-21H,2-4,8-9H2,1H3/t12-,18-/m0/s1. The van der Waals surface area contributed by atoms with Gasteiger partial charge in [0, 0.05) is 12.1 Å². The number of hydrogen-bond acceptors (Lipinski definition) is 6. The first kappa shape index (κ1) is 14.2. The van der Waals surface area contributed by atoms with E-state index in [1.54, 1.807) is 7.11 Å². The van der Waals surface area contributed by atoms with Gasteiger partial charge < -0.3 is 24.4 Å². The Labute approximate surface area is 139 Å². The average molecular weight is 329 g/mol. The van der Waals surface area contributed by atoms with Crippen molar-refractivity contribution < 1.29 is 24.4 Å². The summed E-state index contributed by atoms with van der Waals surface area (Å²) >= 11 is 0. The fraction of sp³-hybridized carbons (Fsp3) is 0.444. The number of nitrogens with zero attached hydrogens (tertiary/aromatic N) is 1. The number of methoxy groups -OCH3 is 1. The number of aliphatic hydroxyl groups excluding tert-OH is 2. The van der Waals surface area contributed by atoms with Crippen molar-refractivity contribution in [3.8, 4) is 11.5 Å². The molecule has 2 atom stereocenters. The molecule has 6 heteroatoms. The summed E-state index contributed by atoms with van der Waals surface area (Å²) in [5.74, 6) is 1.94. The van der Waals surface area contributed by atoms with Gasteiger partial charge in [0.05, 0.1) is 18.8 Å².